The Bertz CT molecular complexity index is 582. The number of nitrogens with zero attached hydrogens (tertiary/aromatic N) is 1. The molecule has 1 aromatic rings. The highest BCUT2D eigenvalue weighted by Crippen LogP contribution is 2.45. The Labute approximate surface area is 137 Å². The smallest absolute Gasteiger partial charge is 0.238 e. The third-order valence-electron chi connectivity index (χ3n) is 4.64. The molecule has 1 aliphatic rings. The van der Waals surface area contributed by atoms with Crippen molar-refractivity contribution < 1.29 is 4.79 Å². The number of carbonyl (C=O) groups excluding carboxylic acids is 1. The van der Waals surface area contributed by atoms with Crippen LogP contribution in [0.25, 0.3) is 0 Å². The number of amides is 1. The van der Waals surface area contributed by atoms with Gasteiger partial charge in [-0.25, -0.2) is 0 Å². The molecular weight excluding hydrogens is 296 g/mol. The Kier molecular flexibility index (Phi) is 5.26. The first-order valence-corrected chi connectivity index (χ1v) is 7.99. The predicted octanol–water partition coefficient (Wildman–Crippen LogP) is 4.40. The van der Waals surface area contributed by atoms with Crippen LogP contribution < -0.4 is 5.32 Å². The highest BCUT2D eigenvalue weighted by molar-refractivity contribution is 6.30. The topological polar surface area (TPSA) is 52.9 Å². The van der Waals surface area contributed by atoms with Crippen molar-refractivity contribution in [2.45, 2.75) is 38.6 Å². The van der Waals surface area contributed by atoms with Crippen LogP contribution in [0, 0.1) is 22.7 Å². The lowest BCUT2D eigenvalue weighted by Gasteiger charge is -2.30. The van der Waals surface area contributed by atoms with Gasteiger partial charge in [-0.05, 0) is 37.5 Å². The molecule has 116 valence electrons. The van der Waals surface area contributed by atoms with Crippen LogP contribution in [0.1, 0.15) is 44.2 Å². The third-order valence-corrected chi connectivity index (χ3v) is 4.89. The van der Waals surface area contributed by atoms with Crippen molar-refractivity contribution in [1.29, 1.82) is 5.26 Å². The summed E-state index contributed by atoms with van der Waals surface area (Å²) < 4.78 is 0. The van der Waals surface area contributed by atoms with Crippen molar-refractivity contribution in [3.63, 3.8) is 0 Å². The molecule has 4 heteroatoms. The summed E-state index contributed by atoms with van der Waals surface area (Å²) in [6.07, 6.45) is 5.61. The van der Waals surface area contributed by atoms with Gasteiger partial charge in [0.1, 0.15) is 5.92 Å². The number of benzene rings is 1. The van der Waals surface area contributed by atoms with Crippen LogP contribution in [0.15, 0.2) is 36.9 Å². The highest BCUT2D eigenvalue weighted by atomic mass is 35.5. The molecule has 1 fully saturated rings. The first-order valence-electron chi connectivity index (χ1n) is 7.61. The van der Waals surface area contributed by atoms with Crippen LogP contribution in [0.4, 0.5) is 0 Å². The van der Waals surface area contributed by atoms with Gasteiger partial charge in [0.25, 0.3) is 0 Å². The van der Waals surface area contributed by atoms with E-state index in [1.54, 1.807) is 18.2 Å². The second-order valence-electron chi connectivity index (χ2n) is 5.99. The number of halogens is 1. The molecule has 1 N–H and O–H groups in total. The van der Waals surface area contributed by atoms with E-state index in [1.165, 1.54) is 0 Å². The zero-order valence-corrected chi connectivity index (χ0v) is 13.6. The molecule has 2 atom stereocenters. The fraction of sp³-hybridized carbons (Fsp3) is 0.444. The minimum Gasteiger partial charge on any atom is -0.348 e. The third kappa shape index (κ3) is 3.34. The Hall–Kier alpha value is -1.79. The maximum absolute atomic E-state index is 12.6. The molecular formula is C18H21ClN2O. The average Bonchev–Trinajstić information content (AvgIpc) is 2.98. The van der Waals surface area contributed by atoms with Crippen molar-refractivity contribution in [2.75, 3.05) is 0 Å². The van der Waals surface area contributed by atoms with Crippen LogP contribution in [-0.4, -0.2) is 5.91 Å². The Morgan fingerprint density at radius 1 is 1.41 bits per heavy atom. The zero-order valence-electron chi connectivity index (χ0n) is 12.8. The Morgan fingerprint density at radius 2 is 2.00 bits per heavy atom. The molecule has 0 aliphatic heterocycles. The van der Waals surface area contributed by atoms with Crippen molar-refractivity contribution in [3.05, 3.63) is 47.5 Å². The molecule has 0 spiro atoms. The van der Waals surface area contributed by atoms with E-state index in [0.29, 0.717) is 5.02 Å². The monoisotopic (exact) mass is 316 g/mol. The first-order chi connectivity index (χ1) is 10.5. The molecule has 1 aliphatic carbocycles. The molecule has 1 amide bonds. The lowest BCUT2D eigenvalue weighted by Crippen LogP contribution is -2.40. The van der Waals surface area contributed by atoms with Gasteiger partial charge in [0.05, 0.1) is 12.1 Å². The van der Waals surface area contributed by atoms with Gasteiger partial charge >= 0.3 is 0 Å². The molecule has 0 saturated heterocycles. The fourth-order valence-corrected chi connectivity index (χ4v) is 3.35. The lowest BCUT2D eigenvalue weighted by molar-refractivity contribution is -0.126. The number of allylic oxidation sites excluding steroid dienone is 1. The van der Waals surface area contributed by atoms with E-state index < -0.39 is 5.92 Å². The molecule has 0 aromatic heterocycles. The molecule has 0 bridgehead atoms. The summed E-state index contributed by atoms with van der Waals surface area (Å²) in [5.41, 5.74) is 0.590. The molecule has 2 unspecified atom stereocenters. The van der Waals surface area contributed by atoms with E-state index in [0.717, 1.165) is 31.2 Å². The summed E-state index contributed by atoms with van der Waals surface area (Å²) in [7, 11) is 0. The second kappa shape index (κ2) is 6.98. The number of nitriles is 1. The lowest BCUT2D eigenvalue weighted by atomic mass is 9.74. The van der Waals surface area contributed by atoms with Crippen molar-refractivity contribution >= 4 is 17.5 Å². The first kappa shape index (κ1) is 16.6. The van der Waals surface area contributed by atoms with Gasteiger partial charge in [-0.2, -0.15) is 5.26 Å². The summed E-state index contributed by atoms with van der Waals surface area (Å²) in [6, 6.07) is 9.39. The van der Waals surface area contributed by atoms with Crippen molar-refractivity contribution in [1.82, 2.24) is 5.32 Å². The van der Waals surface area contributed by atoms with E-state index in [4.69, 9.17) is 11.6 Å². The summed E-state index contributed by atoms with van der Waals surface area (Å²) in [4.78, 5) is 12.6. The van der Waals surface area contributed by atoms with Crippen LogP contribution in [0.2, 0.25) is 5.02 Å². The molecule has 0 radical (unpaired) electrons. The summed E-state index contributed by atoms with van der Waals surface area (Å²) in [5.74, 6) is -0.894. The van der Waals surface area contributed by atoms with E-state index in [1.807, 2.05) is 19.1 Å². The number of carbonyl (C=O) groups is 1. The summed E-state index contributed by atoms with van der Waals surface area (Å²) >= 11 is 5.88. The van der Waals surface area contributed by atoms with E-state index in [9.17, 15) is 10.1 Å². The summed E-state index contributed by atoms with van der Waals surface area (Å²) in [6.45, 7) is 5.77. The molecule has 1 aromatic carbocycles. The number of rotatable bonds is 5. The molecule has 2 rings (SSSR count). The van der Waals surface area contributed by atoms with Crippen LogP contribution in [0.3, 0.4) is 0 Å². The van der Waals surface area contributed by atoms with Gasteiger partial charge in [-0.15, -0.1) is 6.58 Å². The van der Waals surface area contributed by atoms with Gasteiger partial charge < -0.3 is 5.32 Å². The fourth-order valence-electron chi connectivity index (χ4n) is 3.22. The Balaban J connectivity index is 2.11. The molecule has 22 heavy (non-hydrogen) atoms. The second-order valence-corrected chi connectivity index (χ2v) is 6.42. The maximum atomic E-state index is 12.6. The van der Waals surface area contributed by atoms with Crippen molar-refractivity contribution in [2.24, 2.45) is 11.3 Å². The average molecular weight is 317 g/mol. The van der Waals surface area contributed by atoms with Crippen LogP contribution in [-0.2, 0) is 4.79 Å². The molecule has 0 heterocycles. The number of hydrogen-bond donors (Lipinski definition) is 1. The zero-order chi connectivity index (χ0) is 16.2. The standard InChI is InChI=1S/C18H21ClN2O/c1-3-18(10-4-5-11-18)16(12-20)17(22)21-13(2)14-6-8-15(19)9-7-14/h3,6-9,13,16H,1,4-5,10-11H2,2H3,(H,21,22). The van der Waals surface area contributed by atoms with Gasteiger partial charge in [0, 0.05) is 10.4 Å². The van der Waals surface area contributed by atoms with Gasteiger partial charge in [-0.3, -0.25) is 4.79 Å². The largest absolute Gasteiger partial charge is 0.348 e. The van der Waals surface area contributed by atoms with E-state index in [-0.39, 0.29) is 17.4 Å². The number of nitrogens with one attached hydrogen (secondary N) is 1. The minimum absolute atomic E-state index is 0.163. The predicted molar refractivity (Wildman–Crippen MR) is 88.2 cm³/mol. The maximum Gasteiger partial charge on any atom is 0.238 e. The van der Waals surface area contributed by atoms with Crippen molar-refractivity contribution in [3.8, 4) is 6.07 Å². The SMILES string of the molecule is C=CC1(C(C#N)C(=O)NC(C)c2ccc(Cl)cc2)CCCC1. The minimum atomic E-state index is -0.678. The van der Waals surface area contributed by atoms with E-state index >= 15 is 0 Å². The molecule has 1 saturated carbocycles. The summed E-state index contributed by atoms with van der Waals surface area (Å²) in [5, 5.41) is 13.1. The Morgan fingerprint density at radius 3 is 2.50 bits per heavy atom. The quantitative estimate of drug-likeness (QED) is 0.818. The number of hydrogen-bond acceptors (Lipinski definition) is 2. The van der Waals surface area contributed by atoms with Crippen LogP contribution >= 0.6 is 11.6 Å². The molecule has 3 nitrogen and oxygen atoms in total. The normalized spacial score (nSPS) is 19.0. The van der Waals surface area contributed by atoms with Gasteiger partial charge in [-0.1, -0.05) is 42.7 Å². The van der Waals surface area contributed by atoms with Gasteiger partial charge in [0.15, 0.2) is 0 Å². The highest BCUT2D eigenvalue weighted by Gasteiger charge is 2.43. The van der Waals surface area contributed by atoms with E-state index in [2.05, 4.69) is 18.0 Å². The van der Waals surface area contributed by atoms with Gasteiger partial charge in [0.2, 0.25) is 5.91 Å². The van der Waals surface area contributed by atoms with Crippen LogP contribution in [0.5, 0.6) is 0 Å².